The Balaban J connectivity index is 0. The molecule has 1 atom stereocenters. The molecule has 1 unspecified atom stereocenters. The molecule has 0 heterocycles. The van der Waals surface area contributed by atoms with E-state index in [9.17, 15) is 19.5 Å². The summed E-state index contributed by atoms with van der Waals surface area (Å²) in [5.74, 6) is -2.72. The summed E-state index contributed by atoms with van der Waals surface area (Å²) in [6.07, 6.45) is 3.44. The Kier molecular flexibility index (Phi) is 14.1. The molecule has 0 aliphatic heterocycles. The minimum Gasteiger partial charge on any atom is -0.550 e. The molecular formula is C16H31NO7. The first-order chi connectivity index (χ1) is 10.9. The molecular weight excluding hydrogens is 318 g/mol. The van der Waals surface area contributed by atoms with E-state index < -0.39 is 24.0 Å². The van der Waals surface area contributed by atoms with E-state index in [2.05, 4.69) is 0 Å². The maximum atomic E-state index is 10.1. The maximum Gasteiger partial charge on any atom is 0.303 e. The fourth-order valence-corrected chi connectivity index (χ4v) is 1.97. The first-order valence-corrected chi connectivity index (χ1v) is 8.06. The molecule has 0 aromatic heterocycles. The molecule has 0 aliphatic rings. The number of aliphatic carboxylic acids is 3. The number of hydrogen-bond donors (Lipinski definition) is 3. The number of quaternary nitrogens is 1. The van der Waals surface area contributed by atoms with Crippen LogP contribution >= 0.6 is 0 Å². The van der Waals surface area contributed by atoms with E-state index in [1.807, 2.05) is 21.1 Å². The second kappa shape index (κ2) is 13.7. The number of carbonyl (C=O) groups is 3. The number of hydrogen-bond acceptors (Lipinski definition) is 5. The standard InChI is InChI=1S/C9H16O4.C7H15NO3/c10-8(11)6-4-2-1-3-5-7-9(12)13;1-8(2,3)5-6(9)4-7(10)11/h1-7H2,(H,10,11)(H,12,13);6,9H,4-5H2,1-3H3. The highest BCUT2D eigenvalue weighted by Gasteiger charge is 2.14. The highest BCUT2D eigenvalue weighted by molar-refractivity contribution is 5.66. The number of unbranched alkanes of at least 4 members (excludes halogenated alkanes) is 4. The van der Waals surface area contributed by atoms with Crippen molar-refractivity contribution in [3.05, 3.63) is 0 Å². The molecule has 0 aliphatic carbocycles. The van der Waals surface area contributed by atoms with Crippen LogP contribution in [0.4, 0.5) is 0 Å². The van der Waals surface area contributed by atoms with E-state index in [1.165, 1.54) is 0 Å². The number of nitrogens with zero attached hydrogens (tertiary/aromatic N) is 1. The molecule has 0 saturated carbocycles. The summed E-state index contributed by atoms with van der Waals surface area (Å²) in [7, 11) is 5.66. The highest BCUT2D eigenvalue weighted by atomic mass is 16.4. The zero-order valence-corrected chi connectivity index (χ0v) is 14.9. The van der Waals surface area contributed by atoms with Gasteiger partial charge in [0.1, 0.15) is 12.6 Å². The Morgan fingerprint density at radius 1 is 0.875 bits per heavy atom. The van der Waals surface area contributed by atoms with Crippen LogP contribution in [0, 0.1) is 0 Å². The van der Waals surface area contributed by atoms with Crippen LogP contribution in [0.25, 0.3) is 0 Å². The van der Waals surface area contributed by atoms with Crippen molar-refractivity contribution in [2.24, 2.45) is 0 Å². The van der Waals surface area contributed by atoms with Gasteiger partial charge in [-0.3, -0.25) is 9.59 Å². The van der Waals surface area contributed by atoms with E-state index in [-0.39, 0.29) is 19.3 Å². The molecule has 0 spiro atoms. The number of carbonyl (C=O) groups excluding carboxylic acids is 1. The molecule has 8 nitrogen and oxygen atoms in total. The number of aliphatic hydroxyl groups is 1. The lowest BCUT2D eigenvalue weighted by Gasteiger charge is -2.26. The van der Waals surface area contributed by atoms with Gasteiger partial charge in [-0.1, -0.05) is 19.3 Å². The predicted molar refractivity (Wildman–Crippen MR) is 86.1 cm³/mol. The van der Waals surface area contributed by atoms with Crippen molar-refractivity contribution in [1.82, 2.24) is 0 Å². The van der Waals surface area contributed by atoms with Crippen molar-refractivity contribution in [2.45, 2.75) is 57.5 Å². The van der Waals surface area contributed by atoms with Crippen LogP contribution in [0.1, 0.15) is 51.4 Å². The average Bonchev–Trinajstić information content (AvgIpc) is 2.34. The number of carboxylic acids is 3. The smallest absolute Gasteiger partial charge is 0.303 e. The summed E-state index contributed by atoms with van der Waals surface area (Å²) in [6, 6.07) is 0. The molecule has 0 aromatic carbocycles. The molecule has 0 saturated heterocycles. The molecule has 0 amide bonds. The van der Waals surface area contributed by atoms with Crippen molar-refractivity contribution in [1.29, 1.82) is 0 Å². The van der Waals surface area contributed by atoms with Gasteiger partial charge < -0.3 is 29.7 Å². The molecule has 0 rings (SSSR count). The van der Waals surface area contributed by atoms with Crippen molar-refractivity contribution >= 4 is 17.9 Å². The fraction of sp³-hybridized carbons (Fsp3) is 0.812. The summed E-state index contributed by atoms with van der Waals surface area (Å²) < 4.78 is 0.550. The van der Waals surface area contributed by atoms with Gasteiger partial charge in [-0.05, 0) is 12.8 Å². The number of aliphatic hydroxyl groups excluding tert-OH is 1. The lowest BCUT2D eigenvalue weighted by Crippen LogP contribution is -2.43. The van der Waals surface area contributed by atoms with Gasteiger partial charge in [0.05, 0.1) is 21.1 Å². The Morgan fingerprint density at radius 3 is 1.54 bits per heavy atom. The summed E-state index contributed by atoms with van der Waals surface area (Å²) >= 11 is 0. The van der Waals surface area contributed by atoms with E-state index in [4.69, 9.17) is 15.3 Å². The molecule has 3 N–H and O–H groups in total. The minimum absolute atomic E-state index is 0.221. The Labute approximate surface area is 143 Å². The van der Waals surface area contributed by atoms with Crippen molar-refractivity contribution in [2.75, 3.05) is 27.7 Å². The van der Waals surface area contributed by atoms with Gasteiger partial charge in [0.15, 0.2) is 0 Å². The third kappa shape index (κ3) is 25.3. The molecule has 24 heavy (non-hydrogen) atoms. The van der Waals surface area contributed by atoms with Gasteiger partial charge in [0.2, 0.25) is 0 Å². The Bertz CT molecular complexity index is 359. The van der Waals surface area contributed by atoms with Gasteiger partial charge in [-0.25, -0.2) is 0 Å². The van der Waals surface area contributed by atoms with E-state index in [0.29, 0.717) is 23.9 Å². The van der Waals surface area contributed by atoms with Crippen molar-refractivity contribution < 1.29 is 39.3 Å². The topological polar surface area (TPSA) is 135 Å². The maximum absolute atomic E-state index is 10.1. The quantitative estimate of drug-likeness (QED) is 0.335. The van der Waals surface area contributed by atoms with E-state index >= 15 is 0 Å². The van der Waals surface area contributed by atoms with E-state index in [1.54, 1.807) is 0 Å². The van der Waals surface area contributed by atoms with Crippen LogP contribution in [0.2, 0.25) is 0 Å². The third-order valence-electron chi connectivity index (χ3n) is 2.94. The van der Waals surface area contributed by atoms with Crippen LogP contribution in [0.3, 0.4) is 0 Å². The molecule has 0 radical (unpaired) electrons. The van der Waals surface area contributed by atoms with Gasteiger partial charge in [0, 0.05) is 25.2 Å². The summed E-state index contributed by atoms with van der Waals surface area (Å²) in [5.41, 5.74) is 0. The Morgan fingerprint density at radius 2 is 1.25 bits per heavy atom. The van der Waals surface area contributed by atoms with Crippen LogP contribution in [0.15, 0.2) is 0 Å². The van der Waals surface area contributed by atoms with Gasteiger partial charge in [0.25, 0.3) is 0 Å². The van der Waals surface area contributed by atoms with Crippen LogP contribution in [-0.4, -0.2) is 71.5 Å². The minimum atomic E-state index is -1.20. The first kappa shape index (κ1) is 24.6. The summed E-state index contributed by atoms with van der Waals surface area (Å²) in [5, 5.41) is 35.8. The molecule has 0 bridgehead atoms. The number of carboxylic acid groups (broad SMARTS) is 3. The number of rotatable bonds is 12. The highest BCUT2D eigenvalue weighted by Crippen LogP contribution is 2.06. The lowest BCUT2D eigenvalue weighted by atomic mass is 10.1. The van der Waals surface area contributed by atoms with Crippen LogP contribution in [-0.2, 0) is 14.4 Å². The van der Waals surface area contributed by atoms with Crippen molar-refractivity contribution in [3.63, 3.8) is 0 Å². The predicted octanol–water partition coefficient (Wildman–Crippen LogP) is 0.0798. The SMILES string of the molecule is C[N+](C)(C)CC(O)CC(=O)[O-].O=C(O)CCCCCCCC(=O)O. The second-order valence-corrected chi connectivity index (χ2v) is 6.76. The molecule has 0 fully saturated rings. The largest absolute Gasteiger partial charge is 0.550 e. The summed E-state index contributed by atoms with van der Waals surface area (Å²) in [6.45, 7) is 0.425. The lowest BCUT2D eigenvalue weighted by molar-refractivity contribution is -0.873. The summed E-state index contributed by atoms with van der Waals surface area (Å²) in [4.78, 5) is 30.2. The normalized spacial score (nSPS) is 12.0. The first-order valence-electron chi connectivity index (χ1n) is 8.06. The van der Waals surface area contributed by atoms with E-state index in [0.717, 1.165) is 19.3 Å². The third-order valence-corrected chi connectivity index (χ3v) is 2.94. The molecule has 0 aromatic rings. The fourth-order valence-electron chi connectivity index (χ4n) is 1.97. The van der Waals surface area contributed by atoms with Gasteiger partial charge in [-0.2, -0.15) is 0 Å². The Hall–Kier alpha value is -1.67. The van der Waals surface area contributed by atoms with Gasteiger partial charge >= 0.3 is 11.9 Å². The number of likely N-dealkylation sites (N-methyl/N-ethyl adjacent to an activating group) is 1. The zero-order chi connectivity index (χ0) is 19.2. The monoisotopic (exact) mass is 349 g/mol. The average molecular weight is 349 g/mol. The second-order valence-electron chi connectivity index (χ2n) is 6.76. The molecule has 8 heteroatoms. The van der Waals surface area contributed by atoms with Gasteiger partial charge in [-0.15, -0.1) is 0 Å². The van der Waals surface area contributed by atoms with Crippen LogP contribution in [0.5, 0.6) is 0 Å². The molecule has 142 valence electrons. The van der Waals surface area contributed by atoms with Crippen LogP contribution < -0.4 is 5.11 Å². The van der Waals surface area contributed by atoms with Crippen molar-refractivity contribution in [3.8, 4) is 0 Å². The zero-order valence-electron chi connectivity index (χ0n) is 14.9.